The van der Waals surface area contributed by atoms with E-state index in [-0.39, 0.29) is 5.91 Å². The smallest absolute Gasteiger partial charge is 0.308 e. The van der Waals surface area contributed by atoms with Gasteiger partial charge in [0.1, 0.15) is 5.82 Å². The zero-order valence-corrected chi connectivity index (χ0v) is 19.4. The Bertz CT molecular complexity index is 1270. The fourth-order valence-electron chi connectivity index (χ4n) is 4.49. The van der Waals surface area contributed by atoms with Crippen LogP contribution in [-0.2, 0) is 16.2 Å². The Morgan fingerprint density at radius 1 is 1.15 bits per heavy atom. The first kappa shape index (κ1) is 21.8. The summed E-state index contributed by atoms with van der Waals surface area (Å²) < 4.78 is 14.4. The topological polar surface area (TPSA) is 52.7 Å². The van der Waals surface area contributed by atoms with Gasteiger partial charge in [-0.25, -0.2) is 9.18 Å². The summed E-state index contributed by atoms with van der Waals surface area (Å²) in [5.41, 5.74) is 3.71. The summed E-state index contributed by atoms with van der Waals surface area (Å²) in [4.78, 5) is 29.1. The maximum atomic E-state index is 14.4. The minimum atomic E-state index is -1.32. The number of amides is 3. The number of nitrogens with zero attached hydrogens (tertiary/aromatic N) is 2. The van der Waals surface area contributed by atoms with E-state index in [1.807, 2.05) is 31.2 Å². The number of hydrogen-bond donors (Lipinski definition) is 1. The first-order valence-electron chi connectivity index (χ1n) is 10.5. The molecule has 2 aliphatic heterocycles. The van der Waals surface area contributed by atoms with E-state index in [1.54, 1.807) is 35.2 Å². The Morgan fingerprint density at radius 3 is 2.76 bits per heavy atom. The van der Waals surface area contributed by atoms with Crippen LogP contribution >= 0.6 is 23.4 Å². The highest BCUT2D eigenvalue weighted by molar-refractivity contribution is 8.01. The van der Waals surface area contributed by atoms with Crippen LogP contribution < -0.4 is 10.2 Å². The van der Waals surface area contributed by atoms with Gasteiger partial charge >= 0.3 is 6.03 Å². The van der Waals surface area contributed by atoms with Crippen molar-refractivity contribution >= 4 is 46.7 Å². The largest absolute Gasteiger partial charge is 0.323 e. The molecule has 1 spiro atoms. The summed E-state index contributed by atoms with van der Waals surface area (Å²) in [6.45, 7) is 2.69. The lowest BCUT2D eigenvalue weighted by Gasteiger charge is -2.33. The Labute approximate surface area is 200 Å². The van der Waals surface area contributed by atoms with Crippen LogP contribution in [-0.4, -0.2) is 29.1 Å². The van der Waals surface area contributed by atoms with Crippen molar-refractivity contribution in [3.63, 3.8) is 0 Å². The molecule has 3 aromatic rings. The maximum absolute atomic E-state index is 14.4. The average Bonchev–Trinajstić information content (AvgIpc) is 3.31. The van der Waals surface area contributed by atoms with Crippen LogP contribution in [0.5, 0.6) is 0 Å². The van der Waals surface area contributed by atoms with Gasteiger partial charge in [-0.1, -0.05) is 47.5 Å². The normalized spacial score (nSPS) is 19.3. The van der Waals surface area contributed by atoms with E-state index in [0.717, 1.165) is 11.1 Å². The molecule has 0 saturated carbocycles. The van der Waals surface area contributed by atoms with Gasteiger partial charge in [-0.3, -0.25) is 9.69 Å². The highest BCUT2D eigenvalue weighted by atomic mass is 35.5. The van der Waals surface area contributed by atoms with Crippen molar-refractivity contribution in [1.82, 2.24) is 4.90 Å². The average molecular weight is 482 g/mol. The number of benzene rings is 3. The molecule has 3 amide bonds. The number of aryl methyl sites for hydroxylation is 1. The first-order valence-corrected chi connectivity index (χ1v) is 11.9. The number of nitrogens with one attached hydrogen (secondary N) is 1. The zero-order chi connectivity index (χ0) is 23.2. The summed E-state index contributed by atoms with van der Waals surface area (Å²) in [6.07, 6.45) is 0. The van der Waals surface area contributed by atoms with Crippen LogP contribution in [0.2, 0.25) is 5.02 Å². The second kappa shape index (κ2) is 8.39. The second-order valence-corrected chi connectivity index (χ2v) is 9.85. The number of carbonyl (C=O) groups is 2. The standard InChI is InChI=1S/C25H21ClFN3O2S/c1-16-4-2-5-17(12-16)15-29-22-9-8-19(27)14-21(22)25(23(29)31)30(10-11-33-25)24(32)28-20-7-3-6-18(26)13-20/h2-9,12-14H,10-11,15H2,1H3,(H,28,32). The summed E-state index contributed by atoms with van der Waals surface area (Å²) >= 11 is 7.41. The fraction of sp³-hybridized carbons (Fsp3) is 0.200. The minimum absolute atomic E-state index is 0.242. The van der Waals surface area contributed by atoms with Crippen LogP contribution in [0.15, 0.2) is 66.7 Å². The SMILES string of the molecule is Cc1cccc(CN2C(=O)C3(SCCN3C(=O)Nc3cccc(Cl)c3)c3cc(F)ccc32)c1. The lowest BCUT2D eigenvalue weighted by atomic mass is 10.1. The van der Waals surface area contributed by atoms with E-state index in [2.05, 4.69) is 5.32 Å². The van der Waals surface area contributed by atoms with Crippen LogP contribution in [0.25, 0.3) is 0 Å². The van der Waals surface area contributed by atoms with Crippen LogP contribution in [0.1, 0.15) is 16.7 Å². The van der Waals surface area contributed by atoms with Crippen LogP contribution in [0.3, 0.4) is 0 Å². The monoisotopic (exact) mass is 481 g/mol. The number of urea groups is 1. The van der Waals surface area contributed by atoms with Crippen molar-refractivity contribution in [3.8, 4) is 0 Å². The van der Waals surface area contributed by atoms with Crippen molar-refractivity contribution in [2.75, 3.05) is 22.5 Å². The molecule has 0 aromatic heterocycles. The molecule has 8 heteroatoms. The van der Waals surface area contributed by atoms with E-state index < -0.39 is 16.7 Å². The minimum Gasteiger partial charge on any atom is -0.308 e. The molecule has 0 radical (unpaired) electrons. The first-order chi connectivity index (χ1) is 15.9. The highest BCUT2D eigenvalue weighted by Gasteiger charge is 2.59. The molecule has 0 bridgehead atoms. The van der Waals surface area contributed by atoms with Gasteiger partial charge in [-0.2, -0.15) is 0 Å². The summed E-state index contributed by atoms with van der Waals surface area (Å²) in [5, 5.41) is 3.33. The molecular formula is C25H21ClFN3O2S. The lowest BCUT2D eigenvalue weighted by molar-refractivity contribution is -0.123. The van der Waals surface area contributed by atoms with E-state index in [9.17, 15) is 14.0 Å². The van der Waals surface area contributed by atoms with E-state index in [1.165, 1.54) is 28.8 Å². The Hall–Kier alpha value is -3.03. The van der Waals surface area contributed by atoms with E-state index in [4.69, 9.17) is 11.6 Å². The number of carbonyl (C=O) groups excluding carboxylic acids is 2. The third-order valence-corrected chi connectivity index (χ3v) is 7.55. The quantitative estimate of drug-likeness (QED) is 0.517. The van der Waals surface area contributed by atoms with Gasteiger partial charge in [-0.15, -0.1) is 11.8 Å². The number of thioether (sulfide) groups is 1. The van der Waals surface area contributed by atoms with Crippen LogP contribution in [0.4, 0.5) is 20.6 Å². The summed E-state index contributed by atoms with van der Waals surface area (Å²) in [7, 11) is 0. The molecular weight excluding hydrogens is 461 g/mol. The number of hydrogen-bond acceptors (Lipinski definition) is 3. The molecule has 5 nitrogen and oxygen atoms in total. The number of rotatable bonds is 3. The predicted octanol–water partition coefficient (Wildman–Crippen LogP) is 5.77. The Balaban J connectivity index is 1.54. The molecule has 0 aliphatic carbocycles. The zero-order valence-electron chi connectivity index (χ0n) is 17.8. The lowest BCUT2D eigenvalue weighted by Crippen LogP contribution is -2.51. The molecule has 1 fully saturated rings. The molecule has 2 heterocycles. The molecule has 3 aromatic carbocycles. The van der Waals surface area contributed by atoms with Gasteiger partial charge in [0.15, 0.2) is 4.87 Å². The van der Waals surface area contributed by atoms with Crippen molar-refractivity contribution in [2.24, 2.45) is 0 Å². The van der Waals surface area contributed by atoms with Gasteiger partial charge < -0.3 is 10.2 Å². The van der Waals surface area contributed by atoms with Gasteiger partial charge in [0.2, 0.25) is 0 Å². The molecule has 2 aliphatic rings. The van der Waals surface area contributed by atoms with Crippen molar-refractivity contribution < 1.29 is 14.0 Å². The van der Waals surface area contributed by atoms with Crippen molar-refractivity contribution in [2.45, 2.75) is 18.3 Å². The number of fused-ring (bicyclic) bond motifs is 2. The van der Waals surface area contributed by atoms with Crippen LogP contribution in [0, 0.1) is 12.7 Å². The summed E-state index contributed by atoms with van der Waals surface area (Å²) in [5.74, 6) is -0.127. The number of anilines is 2. The molecule has 5 rings (SSSR count). The molecule has 1 N–H and O–H groups in total. The third-order valence-electron chi connectivity index (χ3n) is 5.90. The second-order valence-electron chi connectivity index (χ2n) is 8.13. The fourth-order valence-corrected chi connectivity index (χ4v) is 6.14. The van der Waals surface area contributed by atoms with Gasteiger partial charge in [0, 0.05) is 28.6 Å². The van der Waals surface area contributed by atoms with Gasteiger partial charge in [-0.05, 0) is 48.9 Å². The molecule has 33 heavy (non-hydrogen) atoms. The van der Waals surface area contributed by atoms with Crippen molar-refractivity contribution in [3.05, 3.63) is 94.3 Å². The highest BCUT2D eigenvalue weighted by Crippen LogP contribution is 2.54. The van der Waals surface area contributed by atoms with E-state index >= 15 is 0 Å². The molecule has 168 valence electrons. The maximum Gasteiger partial charge on any atom is 0.323 e. The number of halogens is 2. The Morgan fingerprint density at radius 2 is 1.97 bits per heavy atom. The molecule has 1 saturated heterocycles. The third kappa shape index (κ3) is 3.75. The van der Waals surface area contributed by atoms with Gasteiger partial charge in [0.05, 0.1) is 12.2 Å². The Kier molecular flexibility index (Phi) is 5.54. The van der Waals surface area contributed by atoms with E-state index in [0.29, 0.717) is 40.8 Å². The molecule has 1 atom stereocenters. The predicted molar refractivity (Wildman–Crippen MR) is 130 cm³/mol. The van der Waals surface area contributed by atoms with Crippen molar-refractivity contribution in [1.29, 1.82) is 0 Å². The van der Waals surface area contributed by atoms with Gasteiger partial charge in [0.25, 0.3) is 5.91 Å². The molecule has 1 unspecified atom stereocenters. The summed E-state index contributed by atoms with van der Waals surface area (Å²) in [6, 6.07) is 18.7.